The van der Waals surface area contributed by atoms with E-state index < -0.39 is 8.07 Å². The molecular formula is C26H48Si. The van der Waals surface area contributed by atoms with Crippen molar-refractivity contribution < 1.29 is 0 Å². The molecule has 0 bridgehead atoms. The third kappa shape index (κ3) is 4.76. The van der Waals surface area contributed by atoms with E-state index in [-0.39, 0.29) is 0 Å². The van der Waals surface area contributed by atoms with Gasteiger partial charge in [-0.25, -0.2) is 0 Å². The second-order valence-corrected chi connectivity index (χ2v) is 15.5. The Morgan fingerprint density at radius 2 is 1.44 bits per heavy atom. The lowest BCUT2D eigenvalue weighted by Gasteiger charge is -2.47. The second-order valence-electron chi connectivity index (χ2n) is 10.5. The van der Waals surface area contributed by atoms with Crippen LogP contribution in [0.15, 0.2) is 12.7 Å². The molecule has 0 aliphatic heterocycles. The van der Waals surface area contributed by atoms with E-state index in [1.165, 1.54) is 56.0 Å². The number of fused-ring (bicyclic) bond motifs is 1. The van der Waals surface area contributed by atoms with Crippen LogP contribution >= 0.6 is 0 Å². The molecule has 3 aliphatic carbocycles. The van der Waals surface area contributed by atoms with Crippen molar-refractivity contribution in [1.29, 1.82) is 0 Å². The van der Waals surface area contributed by atoms with Crippen molar-refractivity contribution in [3.05, 3.63) is 12.7 Å². The van der Waals surface area contributed by atoms with E-state index in [4.69, 9.17) is 0 Å². The normalized spacial score (nSPS) is 31.9. The molecule has 0 amide bonds. The van der Waals surface area contributed by atoms with Gasteiger partial charge >= 0.3 is 0 Å². The Hall–Kier alpha value is -0.0431. The maximum atomic E-state index is 4.05. The summed E-state index contributed by atoms with van der Waals surface area (Å²) in [7, 11) is -1.19. The summed E-state index contributed by atoms with van der Waals surface area (Å²) in [6.45, 7) is 8.93. The van der Waals surface area contributed by atoms with E-state index >= 15 is 0 Å². The molecule has 4 unspecified atom stereocenters. The van der Waals surface area contributed by atoms with Gasteiger partial charge in [-0.3, -0.25) is 0 Å². The van der Waals surface area contributed by atoms with E-state index in [0.29, 0.717) is 0 Å². The smallest absolute Gasteiger partial charge is 0.0601 e. The van der Waals surface area contributed by atoms with Gasteiger partial charge in [-0.2, -0.15) is 0 Å². The Balaban J connectivity index is 1.89. The predicted octanol–water partition coefficient (Wildman–Crippen LogP) is 9.14. The first-order valence-corrected chi connectivity index (χ1v) is 15.4. The molecule has 4 atom stereocenters. The van der Waals surface area contributed by atoms with Crippen molar-refractivity contribution >= 4 is 8.07 Å². The minimum Gasteiger partial charge on any atom is -0.103 e. The number of allylic oxidation sites excluding steroid dienone is 1. The number of rotatable bonds is 11. The molecule has 0 saturated heterocycles. The van der Waals surface area contributed by atoms with Gasteiger partial charge in [0.05, 0.1) is 8.07 Å². The maximum absolute atomic E-state index is 4.05. The Labute approximate surface area is 172 Å². The SMILES string of the molecule is C=CCCC1CC([Si](CCCC)(CCCC)C2CCCC2)C2CCCCC12. The summed E-state index contributed by atoms with van der Waals surface area (Å²) in [6, 6.07) is 3.38. The average Bonchev–Trinajstić information content (AvgIpc) is 3.36. The van der Waals surface area contributed by atoms with E-state index in [2.05, 4.69) is 26.5 Å². The molecule has 0 aromatic carbocycles. The first kappa shape index (κ1) is 21.7. The van der Waals surface area contributed by atoms with Crippen molar-refractivity contribution in [2.75, 3.05) is 0 Å². The van der Waals surface area contributed by atoms with Crippen LogP contribution in [0.4, 0.5) is 0 Å². The van der Waals surface area contributed by atoms with Gasteiger partial charge in [0.1, 0.15) is 0 Å². The van der Waals surface area contributed by atoms with Gasteiger partial charge in [0, 0.05) is 0 Å². The average molecular weight is 389 g/mol. The van der Waals surface area contributed by atoms with Crippen LogP contribution in [0.3, 0.4) is 0 Å². The molecule has 0 heterocycles. The van der Waals surface area contributed by atoms with Crippen LogP contribution in [0.1, 0.15) is 110 Å². The van der Waals surface area contributed by atoms with Crippen molar-refractivity contribution in [3.8, 4) is 0 Å². The lowest BCUT2D eigenvalue weighted by atomic mass is 9.77. The Morgan fingerprint density at radius 1 is 0.852 bits per heavy atom. The van der Waals surface area contributed by atoms with Crippen LogP contribution in [-0.4, -0.2) is 8.07 Å². The molecule has 3 aliphatic rings. The topological polar surface area (TPSA) is 0 Å². The Bertz CT molecular complexity index is 427. The monoisotopic (exact) mass is 388 g/mol. The number of unbranched alkanes of at least 4 members (excludes halogenated alkanes) is 2. The largest absolute Gasteiger partial charge is 0.103 e. The second kappa shape index (κ2) is 10.7. The number of hydrogen-bond acceptors (Lipinski definition) is 0. The van der Waals surface area contributed by atoms with E-state index in [1.54, 1.807) is 63.5 Å². The zero-order valence-electron chi connectivity index (χ0n) is 18.7. The molecule has 3 saturated carbocycles. The molecule has 0 spiro atoms. The van der Waals surface area contributed by atoms with Gasteiger partial charge in [0.15, 0.2) is 0 Å². The maximum Gasteiger partial charge on any atom is 0.0601 e. The molecule has 0 N–H and O–H groups in total. The van der Waals surface area contributed by atoms with Crippen molar-refractivity contribution in [2.24, 2.45) is 17.8 Å². The van der Waals surface area contributed by atoms with Gasteiger partial charge in [-0.15, -0.1) is 6.58 Å². The van der Waals surface area contributed by atoms with Gasteiger partial charge < -0.3 is 0 Å². The van der Waals surface area contributed by atoms with Gasteiger partial charge in [-0.1, -0.05) is 103 Å². The zero-order valence-corrected chi connectivity index (χ0v) is 19.7. The minimum absolute atomic E-state index is 1.05. The molecule has 0 aromatic rings. The third-order valence-electron chi connectivity index (χ3n) is 9.19. The third-order valence-corrected chi connectivity index (χ3v) is 16.1. The highest BCUT2D eigenvalue weighted by molar-refractivity contribution is 6.82. The van der Waals surface area contributed by atoms with Gasteiger partial charge in [0.2, 0.25) is 0 Å². The highest BCUT2D eigenvalue weighted by atomic mass is 28.3. The molecule has 3 rings (SSSR count). The summed E-state index contributed by atoms with van der Waals surface area (Å²) in [6.07, 6.45) is 25.1. The van der Waals surface area contributed by atoms with Crippen LogP contribution in [0.25, 0.3) is 0 Å². The molecule has 0 aromatic heterocycles. The fourth-order valence-electron chi connectivity index (χ4n) is 7.99. The van der Waals surface area contributed by atoms with E-state index in [1.807, 2.05) is 0 Å². The summed E-state index contributed by atoms with van der Waals surface area (Å²) in [4.78, 5) is 0. The fourth-order valence-corrected chi connectivity index (χ4v) is 16.0. The molecule has 3 fully saturated rings. The van der Waals surface area contributed by atoms with Crippen molar-refractivity contribution in [3.63, 3.8) is 0 Å². The lowest BCUT2D eigenvalue weighted by molar-refractivity contribution is 0.220. The summed E-state index contributed by atoms with van der Waals surface area (Å²) >= 11 is 0. The number of hydrogen-bond donors (Lipinski definition) is 0. The highest BCUT2D eigenvalue weighted by Gasteiger charge is 2.55. The molecule has 0 radical (unpaired) electrons. The minimum atomic E-state index is -1.19. The van der Waals surface area contributed by atoms with Crippen molar-refractivity contribution in [2.45, 2.75) is 133 Å². The first-order valence-electron chi connectivity index (χ1n) is 12.9. The van der Waals surface area contributed by atoms with E-state index in [0.717, 1.165) is 17.8 Å². The highest BCUT2D eigenvalue weighted by Crippen LogP contribution is 2.63. The van der Waals surface area contributed by atoms with Crippen LogP contribution in [0.5, 0.6) is 0 Å². The molecule has 0 nitrogen and oxygen atoms in total. The van der Waals surface area contributed by atoms with Crippen LogP contribution in [-0.2, 0) is 0 Å². The van der Waals surface area contributed by atoms with Crippen LogP contribution in [0.2, 0.25) is 23.2 Å². The Kier molecular flexibility index (Phi) is 8.55. The quantitative estimate of drug-likeness (QED) is 0.244. The van der Waals surface area contributed by atoms with Crippen LogP contribution < -0.4 is 0 Å². The van der Waals surface area contributed by atoms with Gasteiger partial charge in [0.25, 0.3) is 0 Å². The molecule has 1 heteroatoms. The summed E-state index contributed by atoms with van der Waals surface area (Å²) in [5.74, 6) is 3.28. The summed E-state index contributed by atoms with van der Waals surface area (Å²) < 4.78 is 0. The standard InChI is InChI=1S/C26H48Si/c1-4-7-14-22-21-26(25-18-13-12-17-24(22)25)27(19-8-5-2,20-9-6-3)23-15-10-11-16-23/h4,22-26H,1,5-21H2,2-3H3. The van der Waals surface area contributed by atoms with Gasteiger partial charge in [-0.05, 0) is 54.5 Å². The molecule has 27 heavy (non-hydrogen) atoms. The van der Waals surface area contributed by atoms with Crippen molar-refractivity contribution in [1.82, 2.24) is 0 Å². The first-order chi connectivity index (χ1) is 13.3. The molecule has 156 valence electrons. The zero-order chi connectivity index (χ0) is 19.1. The summed E-state index contributed by atoms with van der Waals surface area (Å²) in [5, 5.41) is 0. The van der Waals surface area contributed by atoms with Crippen LogP contribution in [0, 0.1) is 17.8 Å². The lowest BCUT2D eigenvalue weighted by Crippen LogP contribution is -2.46. The fraction of sp³-hybridized carbons (Fsp3) is 0.923. The summed E-state index contributed by atoms with van der Waals surface area (Å²) in [5.41, 5.74) is 2.39. The van der Waals surface area contributed by atoms with E-state index in [9.17, 15) is 0 Å². The Morgan fingerprint density at radius 3 is 2.04 bits per heavy atom. The predicted molar refractivity (Wildman–Crippen MR) is 124 cm³/mol. The molecular weight excluding hydrogens is 340 g/mol.